The highest BCUT2D eigenvalue weighted by molar-refractivity contribution is 7.47. The fourth-order valence-electron chi connectivity index (χ4n) is 11.7. The molecule has 0 aromatic carbocycles. The fourth-order valence-corrected chi connectivity index (χ4v) is 13.3. The van der Waals surface area contributed by atoms with Crippen LogP contribution in [-0.4, -0.2) is 96.7 Å². The summed E-state index contributed by atoms with van der Waals surface area (Å²) in [4.78, 5) is 72.9. The van der Waals surface area contributed by atoms with E-state index >= 15 is 0 Å². The molecule has 0 aliphatic rings. The zero-order chi connectivity index (χ0) is 71.0. The molecule has 0 aliphatic heterocycles. The topological polar surface area (TPSA) is 237 Å². The molecule has 6 atom stereocenters. The Balaban J connectivity index is 5.24. The Hall–Kier alpha value is -1.94. The maximum absolute atomic E-state index is 13.1. The van der Waals surface area contributed by atoms with Crippen LogP contribution in [0.4, 0.5) is 0 Å². The third kappa shape index (κ3) is 69.2. The van der Waals surface area contributed by atoms with Gasteiger partial charge in [0.2, 0.25) is 0 Å². The lowest BCUT2D eigenvalue weighted by molar-refractivity contribution is -0.161. The summed E-state index contributed by atoms with van der Waals surface area (Å²) in [7, 11) is -9.92. The first-order valence-corrected chi connectivity index (χ1v) is 42.7. The van der Waals surface area contributed by atoms with Crippen molar-refractivity contribution < 1.29 is 80.2 Å². The second-order valence-electron chi connectivity index (χ2n) is 29.4. The molecule has 17 nitrogen and oxygen atoms in total. The zero-order valence-corrected chi connectivity index (χ0v) is 64.8. The second kappa shape index (κ2) is 66.3. The van der Waals surface area contributed by atoms with Gasteiger partial charge in [-0.1, -0.05) is 338 Å². The van der Waals surface area contributed by atoms with Crippen LogP contribution < -0.4 is 0 Å². The van der Waals surface area contributed by atoms with Gasteiger partial charge in [0.15, 0.2) is 12.2 Å². The number of aliphatic hydroxyl groups is 1. The van der Waals surface area contributed by atoms with Gasteiger partial charge in [-0.3, -0.25) is 37.3 Å². The summed E-state index contributed by atoms with van der Waals surface area (Å²) in [5, 5.41) is 10.6. The summed E-state index contributed by atoms with van der Waals surface area (Å²) in [5.41, 5.74) is 0. The number of carbonyl (C=O) groups is 4. The number of ether oxygens (including phenoxy) is 4. The van der Waals surface area contributed by atoms with Crippen LogP contribution in [0.2, 0.25) is 0 Å². The van der Waals surface area contributed by atoms with Gasteiger partial charge >= 0.3 is 39.5 Å². The van der Waals surface area contributed by atoms with Crippen molar-refractivity contribution in [3.05, 3.63) is 0 Å². The van der Waals surface area contributed by atoms with Crippen LogP contribution in [0.15, 0.2) is 0 Å². The Morgan fingerprint density at radius 2 is 0.500 bits per heavy atom. The Morgan fingerprint density at radius 3 is 0.740 bits per heavy atom. The maximum atomic E-state index is 13.1. The van der Waals surface area contributed by atoms with Crippen molar-refractivity contribution in [1.82, 2.24) is 0 Å². The van der Waals surface area contributed by atoms with Crippen LogP contribution in [0, 0.1) is 23.7 Å². The Labute approximate surface area is 588 Å². The van der Waals surface area contributed by atoms with Crippen LogP contribution >= 0.6 is 15.6 Å². The van der Waals surface area contributed by atoms with Gasteiger partial charge in [0.25, 0.3) is 0 Å². The molecule has 3 unspecified atom stereocenters. The number of phosphoric ester groups is 2. The van der Waals surface area contributed by atoms with Crippen molar-refractivity contribution in [2.75, 3.05) is 39.6 Å². The predicted octanol–water partition coefficient (Wildman–Crippen LogP) is 22.4. The highest BCUT2D eigenvalue weighted by Gasteiger charge is 2.30. The van der Waals surface area contributed by atoms with Gasteiger partial charge in [-0.05, 0) is 49.4 Å². The minimum atomic E-state index is -4.96. The fraction of sp³-hybridized carbons (Fsp3) is 0.948. The summed E-state index contributed by atoms with van der Waals surface area (Å²) >= 11 is 0. The van der Waals surface area contributed by atoms with E-state index in [1.54, 1.807) is 0 Å². The van der Waals surface area contributed by atoms with Crippen LogP contribution in [-0.2, 0) is 65.4 Å². The van der Waals surface area contributed by atoms with Crippen molar-refractivity contribution in [1.29, 1.82) is 0 Å². The number of phosphoric acid groups is 2. The Morgan fingerprint density at radius 1 is 0.292 bits per heavy atom. The zero-order valence-electron chi connectivity index (χ0n) is 63.0. The Kier molecular flexibility index (Phi) is 65.0. The van der Waals surface area contributed by atoms with Crippen molar-refractivity contribution in [3.63, 3.8) is 0 Å². The average molecular weight is 1410 g/mol. The van der Waals surface area contributed by atoms with E-state index in [1.165, 1.54) is 186 Å². The second-order valence-corrected chi connectivity index (χ2v) is 32.3. The average Bonchev–Trinajstić information content (AvgIpc) is 1.56. The number of carbonyl (C=O) groups excluding carboxylic acids is 4. The van der Waals surface area contributed by atoms with Crippen molar-refractivity contribution in [3.8, 4) is 0 Å². The number of aliphatic hydroxyl groups excluding tert-OH is 1. The lowest BCUT2D eigenvalue weighted by atomic mass is 10.00. The van der Waals surface area contributed by atoms with Gasteiger partial charge in [-0.2, -0.15) is 0 Å². The van der Waals surface area contributed by atoms with E-state index in [2.05, 4.69) is 55.4 Å². The monoisotopic (exact) mass is 1410 g/mol. The van der Waals surface area contributed by atoms with Gasteiger partial charge < -0.3 is 33.8 Å². The predicted molar refractivity (Wildman–Crippen MR) is 391 cm³/mol. The van der Waals surface area contributed by atoms with Crippen molar-refractivity contribution >= 4 is 39.5 Å². The van der Waals surface area contributed by atoms with Crippen molar-refractivity contribution in [2.24, 2.45) is 23.7 Å². The molecule has 0 aliphatic carbocycles. The molecule has 0 fully saturated rings. The van der Waals surface area contributed by atoms with Crippen molar-refractivity contribution in [2.45, 2.75) is 408 Å². The highest BCUT2D eigenvalue weighted by Crippen LogP contribution is 2.45. The molecule has 3 N–H and O–H groups in total. The van der Waals surface area contributed by atoms with E-state index in [9.17, 15) is 43.2 Å². The normalized spacial score (nSPS) is 14.4. The maximum Gasteiger partial charge on any atom is 0.472 e. The van der Waals surface area contributed by atoms with E-state index in [-0.39, 0.29) is 25.7 Å². The molecule has 0 aromatic rings. The molecular formula is C77H150O17P2. The molecule has 570 valence electrons. The molecule has 0 saturated carbocycles. The smallest absolute Gasteiger partial charge is 0.462 e. The summed E-state index contributed by atoms with van der Waals surface area (Å²) in [6.45, 7) is 14.2. The van der Waals surface area contributed by atoms with E-state index in [0.29, 0.717) is 25.7 Å². The minimum absolute atomic E-state index is 0.105. The molecular weight excluding hydrogens is 1260 g/mol. The molecule has 0 spiro atoms. The summed E-state index contributed by atoms with van der Waals surface area (Å²) in [5.74, 6) is 0.948. The minimum Gasteiger partial charge on any atom is -0.462 e. The van der Waals surface area contributed by atoms with E-state index in [4.69, 9.17) is 37.0 Å². The third-order valence-electron chi connectivity index (χ3n) is 18.2. The first-order chi connectivity index (χ1) is 46.1. The Bertz CT molecular complexity index is 1890. The highest BCUT2D eigenvalue weighted by atomic mass is 31.2. The van der Waals surface area contributed by atoms with Gasteiger partial charge in [0, 0.05) is 25.7 Å². The third-order valence-corrected chi connectivity index (χ3v) is 20.1. The summed E-state index contributed by atoms with van der Waals surface area (Å²) in [6, 6.07) is 0. The lowest BCUT2D eigenvalue weighted by Gasteiger charge is -2.21. The molecule has 0 rings (SSSR count). The molecule has 0 saturated heterocycles. The van der Waals surface area contributed by atoms with Gasteiger partial charge in [-0.15, -0.1) is 0 Å². The van der Waals surface area contributed by atoms with Crippen LogP contribution in [0.1, 0.15) is 389 Å². The summed E-state index contributed by atoms with van der Waals surface area (Å²) < 4.78 is 68.6. The lowest BCUT2D eigenvalue weighted by Crippen LogP contribution is -2.30. The number of esters is 4. The molecule has 0 radical (unpaired) electrons. The standard InChI is InChI=1S/C77H150O17P2/c1-9-70(8)56-48-40-35-36-42-50-58-75(80)88-64-73(94-77(82)60-52-44-34-28-22-16-19-25-31-39-47-55-69(6)7)66-92-96(85,86)90-62-71(78)61-89-95(83,84)91-65-72(93-76(81)59-51-43-33-27-21-15-18-24-30-38-46-54-68(4)5)63-87-74(79)57-49-41-32-26-20-14-12-10-11-13-17-23-29-37-45-53-67(2)3/h67-73,78H,9-66H2,1-8H3,(H,83,84)(H,85,86)/t70?,71-,72-,73-/m1/s1. The van der Waals surface area contributed by atoms with Crippen LogP contribution in [0.5, 0.6) is 0 Å². The number of rotatable bonds is 74. The van der Waals surface area contributed by atoms with Gasteiger partial charge in [0.1, 0.15) is 19.3 Å². The quantitative estimate of drug-likeness (QED) is 0.0222. The SMILES string of the molecule is CCC(C)CCCCCCCCC(=O)OC[C@H](COP(=O)(O)OC[C@H](O)COP(=O)(O)OC[C@@H](COC(=O)CCCCCCCCCCCCCCCCCC(C)C)OC(=O)CCCCCCCCCCCCCC(C)C)OC(=O)CCCCCCCCCCCCCC(C)C. The largest absolute Gasteiger partial charge is 0.472 e. The van der Waals surface area contributed by atoms with E-state index < -0.39 is 97.5 Å². The molecule has 0 heterocycles. The van der Waals surface area contributed by atoms with E-state index in [0.717, 1.165) is 120 Å². The van der Waals surface area contributed by atoms with Gasteiger partial charge in [0.05, 0.1) is 26.4 Å². The van der Waals surface area contributed by atoms with E-state index in [1.807, 2.05) is 0 Å². The number of unbranched alkanes of at least 4 members (excludes halogenated alkanes) is 39. The molecule has 0 aromatic heterocycles. The molecule has 0 bridgehead atoms. The summed E-state index contributed by atoms with van der Waals surface area (Å²) in [6.07, 6.45) is 51.3. The van der Waals surface area contributed by atoms with Gasteiger partial charge in [-0.25, -0.2) is 9.13 Å². The number of hydrogen-bond acceptors (Lipinski definition) is 15. The van der Waals surface area contributed by atoms with Crippen LogP contribution in [0.25, 0.3) is 0 Å². The first-order valence-electron chi connectivity index (χ1n) is 39.7. The first kappa shape index (κ1) is 94.1. The van der Waals surface area contributed by atoms with Crippen LogP contribution in [0.3, 0.4) is 0 Å². The molecule has 96 heavy (non-hydrogen) atoms. The molecule has 0 amide bonds. The number of hydrogen-bond donors (Lipinski definition) is 3. The molecule has 19 heteroatoms.